The van der Waals surface area contributed by atoms with Gasteiger partial charge >= 0.3 is 0 Å². The minimum absolute atomic E-state index is 0.0250. The zero-order valence-electron chi connectivity index (χ0n) is 10.8. The molecule has 3 rings (SSSR count). The van der Waals surface area contributed by atoms with Gasteiger partial charge in [-0.2, -0.15) is 0 Å². The average Bonchev–Trinajstić information content (AvgIpc) is 2.98. The molecule has 1 aromatic heterocycles. The van der Waals surface area contributed by atoms with Crippen molar-refractivity contribution in [1.82, 2.24) is 0 Å². The minimum atomic E-state index is -0.440. The predicted molar refractivity (Wildman–Crippen MR) is 76.2 cm³/mol. The van der Waals surface area contributed by atoms with Crippen molar-refractivity contribution >= 4 is 5.69 Å². The quantitative estimate of drug-likeness (QED) is 0.519. The molecule has 5 heteroatoms. The molecule has 0 aliphatic rings. The number of benzene rings is 2. The Labute approximate surface area is 119 Å². The number of nitro groups is 1. The zero-order valence-corrected chi connectivity index (χ0v) is 10.8. The molecule has 0 aliphatic heterocycles. The summed E-state index contributed by atoms with van der Waals surface area (Å²) in [5.74, 6) is 0.265. The van der Waals surface area contributed by atoms with Gasteiger partial charge in [-0.15, -0.1) is 0 Å². The Kier molecular flexibility index (Phi) is 3.23. The second-order valence-corrected chi connectivity index (χ2v) is 4.51. The van der Waals surface area contributed by atoms with Crippen LogP contribution in [0.1, 0.15) is 0 Å². The molecule has 0 saturated carbocycles. The number of furan rings is 1. The van der Waals surface area contributed by atoms with Crippen molar-refractivity contribution in [3.8, 4) is 22.5 Å². The van der Waals surface area contributed by atoms with E-state index in [2.05, 4.69) is 0 Å². The van der Waals surface area contributed by atoms with E-state index in [0.29, 0.717) is 11.3 Å². The van der Waals surface area contributed by atoms with Gasteiger partial charge in [0.1, 0.15) is 11.6 Å². The molecule has 0 fully saturated rings. The zero-order chi connectivity index (χ0) is 14.8. The third-order valence-electron chi connectivity index (χ3n) is 3.12. The van der Waals surface area contributed by atoms with E-state index in [4.69, 9.17) is 4.42 Å². The number of nitro benzene ring substituents is 1. The van der Waals surface area contributed by atoms with E-state index in [1.54, 1.807) is 30.3 Å². The van der Waals surface area contributed by atoms with Crippen molar-refractivity contribution in [2.75, 3.05) is 0 Å². The number of nitrogens with zero attached hydrogens (tertiary/aromatic N) is 1. The maximum absolute atomic E-state index is 12.9. The molecule has 3 aromatic rings. The van der Waals surface area contributed by atoms with Crippen molar-refractivity contribution < 1.29 is 13.7 Å². The smallest absolute Gasteiger partial charge is 0.270 e. The molecule has 2 aromatic carbocycles. The number of halogens is 1. The fourth-order valence-electron chi connectivity index (χ4n) is 2.05. The van der Waals surface area contributed by atoms with Gasteiger partial charge in [-0.05, 0) is 35.9 Å². The lowest BCUT2D eigenvalue weighted by atomic mass is 10.1. The maximum atomic E-state index is 12.9. The molecule has 1 heterocycles. The first-order valence-corrected chi connectivity index (χ1v) is 6.23. The summed E-state index contributed by atoms with van der Waals surface area (Å²) in [6, 6.07) is 14.0. The maximum Gasteiger partial charge on any atom is 0.270 e. The van der Waals surface area contributed by atoms with Gasteiger partial charge in [0.05, 0.1) is 11.2 Å². The third kappa shape index (κ3) is 2.67. The summed E-state index contributed by atoms with van der Waals surface area (Å²) in [6.45, 7) is 0. The van der Waals surface area contributed by atoms with Crippen LogP contribution in [0.25, 0.3) is 22.5 Å². The largest absolute Gasteiger partial charge is 0.464 e. The van der Waals surface area contributed by atoms with E-state index in [1.807, 2.05) is 0 Å². The van der Waals surface area contributed by atoms with Gasteiger partial charge < -0.3 is 4.42 Å². The van der Waals surface area contributed by atoms with Crippen LogP contribution in [-0.2, 0) is 0 Å². The van der Waals surface area contributed by atoms with E-state index in [1.165, 1.54) is 30.5 Å². The molecule has 0 saturated heterocycles. The average molecular weight is 283 g/mol. The van der Waals surface area contributed by atoms with Crippen LogP contribution in [-0.4, -0.2) is 4.92 Å². The van der Waals surface area contributed by atoms with Crippen LogP contribution >= 0.6 is 0 Å². The van der Waals surface area contributed by atoms with Crippen molar-refractivity contribution in [3.05, 3.63) is 76.8 Å². The molecular weight excluding hydrogens is 273 g/mol. The van der Waals surface area contributed by atoms with Gasteiger partial charge in [0.2, 0.25) is 0 Å². The van der Waals surface area contributed by atoms with Gasteiger partial charge in [0, 0.05) is 23.3 Å². The van der Waals surface area contributed by atoms with E-state index in [0.717, 1.165) is 11.1 Å². The van der Waals surface area contributed by atoms with Gasteiger partial charge in [-0.25, -0.2) is 4.39 Å². The molecule has 0 aliphatic carbocycles. The first-order valence-electron chi connectivity index (χ1n) is 6.23. The lowest BCUT2D eigenvalue weighted by Crippen LogP contribution is -1.87. The number of rotatable bonds is 3. The predicted octanol–water partition coefficient (Wildman–Crippen LogP) is 4.66. The Morgan fingerprint density at radius 1 is 0.952 bits per heavy atom. The molecule has 4 nitrogen and oxygen atoms in total. The monoisotopic (exact) mass is 283 g/mol. The summed E-state index contributed by atoms with van der Waals surface area (Å²) in [4.78, 5) is 10.3. The molecule has 0 bridgehead atoms. The summed E-state index contributed by atoms with van der Waals surface area (Å²) in [7, 11) is 0. The van der Waals surface area contributed by atoms with Crippen LogP contribution in [0.5, 0.6) is 0 Å². The standard InChI is InChI=1S/C16H10FNO3/c17-14-6-4-11(5-7-14)16-9-13(10-21-16)12-2-1-3-15(8-12)18(19)20/h1-10H. The van der Waals surface area contributed by atoms with Gasteiger partial charge in [-0.3, -0.25) is 10.1 Å². The van der Waals surface area contributed by atoms with Crippen LogP contribution in [0.3, 0.4) is 0 Å². The molecule has 104 valence electrons. The summed E-state index contributed by atoms with van der Waals surface area (Å²) in [5, 5.41) is 10.8. The summed E-state index contributed by atoms with van der Waals surface area (Å²) >= 11 is 0. The normalized spacial score (nSPS) is 10.5. The third-order valence-corrected chi connectivity index (χ3v) is 3.12. The van der Waals surface area contributed by atoms with Crippen molar-refractivity contribution in [2.45, 2.75) is 0 Å². The Hall–Kier alpha value is -2.95. The second-order valence-electron chi connectivity index (χ2n) is 4.51. The molecule has 0 unspecified atom stereocenters. The highest BCUT2D eigenvalue weighted by molar-refractivity contribution is 5.71. The van der Waals surface area contributed by atoms with E-state index in [9.17, 15) is 14.5 Å². The lowest BCUT2D eigenvalue weighted by molar-refractivity contribution is -0.384. The van der Waals surface area contributed by atoms with Gasteiger partial charge in [0.15, 0.2) is 0 Å². The number of non-ortho nitro benzene ring substituents is 1. The molecule has 0 N–H and O–H groups in total. The second kappa shape index (κ2) is 5.20. The van der Waals surface area contributed by atoms with Gasteiger partial charge in [0.25, 0.3) is 5.69 Å². The summed E-state index contributed by atoms with van der Waals surface area (Å²) in [6.07, 6.45) is 1.53. The lowest BCUT2D eigenvalue weighted by Gasteiger charge is -1.97. The fraction of sp³-hybridized carbons (Fsp3) is 0. The molecule has 21 heavy (non-hydrogen) atoms. The van der Waals surface area contributed by atoms with Crippen molar-refractivity contribution in [3.63, 3.8) is 0 Å². The van der Waals surface area contributed by atoms with Crippen LogP contribution in [0.4, 0.5) is 10.1 Å². The summed E-state index contributed by atoms with van der Waals surface area (Å²) in [5.41, 5.74) is 2.20. The number of hydrogen-bond donors (Lipinski definition) is 0. The van der Waals surface area contributed by atoms with Crippen molar-refractivity contribution in [2.24, 2.45) is 0 Å². The molecule has 0 atom stereocenters. The number of hydrogen-bond acceptors (Lipinski definition) is 3. The Bertz CT molecular complexity index is 793. The van der Waals surface area contributed by atoms with Gasteiger partial charge in [-0.1, -0.05) is 12.1 Å². The van der Waals surface area contributed by atoms with Crippen LogP contribution in [0.15, 0.2) is 65.3 Å². The molecule has 0 amide bonds. The minimum Gasteiger partial charge on any atom is -0.464 e. The first-order chi connectivity index (χ1) is 10.1. The SMILES string of the molecule is O=[N+]([O-])c1cccc(-c2coc(-c3ccc(F)cc3)c2)c1. The van der Waals surface area contributed by atoms with Crippen LogP contribution in [0, 0.1) is 15.9 Å². The van der Waals surface area contributed by atoms with E-state index in [-0.39, 0.29) is 11.5 Å². The van der Waals surface area contributed by atoms with Crippen LogP contribution in [0.2, 0.25) is 0 Å². The topological polar surface area (TPSA) is 56.3 Å². The first kappa shape index (κ1) is 13.1. The molecule has 0 radical (unpaired) electrons. The van der Waals surface area contributed by atoms with Crippen LogP contribution < -0.4 is 0 Å². The Morgan fingerprint density at radius 2 is 1.71 bits per heavy atom. The highest BCUT2D eigenvalue weighted by Crippen LogP contribution is 2.30. The Balaban J connectivity index is 1.96. The highest BCUT2D eigenvalue weighted by Gasteiger charge is 2.10. The fourth-order valence-corrected chi connectivity index (χ4v) is 2.05. The molecular formula is C16H10FNO3. The molecule has 0 spiro atoms. The van der Waals surface area contributed by atoms with Crippen molar-refractivity contribution in [1.29, 1.82) is 0 Å². The Morgan fingerprint density at radius 3 is 2.43 bits per heavy atom. The highest BCUT2D eigenvalue weighted by atomic mass is 19.1. The van der Waals surface area contributed by atoms with E-state index >= 15 is 0 Å². The van der Waals surface area contributed by atoms with E-state index < -0.39 is 4.92 Å². The summed E-state index contributed by atoms with van der Waals surface area (Å²) < 4.78 is 18.4.